The normalized spacial score (nSPS) is 21.6. The van der Waals surface area contributed by atoms with Gasteiger partial charge in [0.2, 0.25) is 0 Å². The molecule has 0 aromatic heterocycles. The maximum atomic E-state index is 12.9. The summed E-state index contributed by atoms with van der Waals surface area (Å²) in [4.78, 5) is 17.6. The Balaban J connectivity index is 1.39. The molecule has 2 saturated heterocycles. The maximum absolute atomic E-state index is 12.9. The van der Waals surface area contributed by atoms with Crippen molar-refractivity contribution in [1.82, 2.24) is 9.80 Å². The highest BCUT2D eigenvalue weighted by Crippen LogP contribution is 2.31. The van der Waals surface area contributed by atoms with Crippen molar-refractivity contribution in [2.45, 2.75) is 38.1 Å². The summed E-state index contributed by atoms with van der Waals surface area (Å²) < 4.78 is 11.1. The largest absolute Gasteiger partial charge is 0.497 e. The van der Waals surface area contributed by atoms with Crippen LogP contribution in [0.5, 0.6) is 11.5 Å². The third-order valence-electron chi connectivity index (χ3n) is 5.86. The number of methoxy groups -OCH3 is 1. The van der Waals surface area contributed by atoms with Crippen LogP contribution in [0.15, 0.2) is 23.8 Å². The summed E-state index contributed by atoms with van der Waals surface area (Å²) in [5.74, 6) is 1.71. The van der Waals surface area contributed by atoms with E-state index < -0.39 is 0 Å². The van der Waals surface area contributed by atoms with Gasteiger partial charge < -0.3 is 19.3 Å². The van der Waals surface area contributed by atoms with Gasteiger partial charge in [0.15, 0.2) is 0 Å². The molecule has 140 valence electrons. The first-order chi connectivity index (χ1) is 12.7. The van der Waals surface area contributed by atoms with Gasteiger partial charge in [0.25, 0.3) is 5.91 Å². The quantitative estimate of drug-likeness (QED) is 0.835. The number of piperidine rings is 2. The number of rotatable bonds is 3. The second-order valence-electron chi connectivity index (χ2n) is 7.48. The number of likely N-dealkylation sites (tertiary alicyclic amines) is 2. The maximum Gasteiger partial charge on any atom is 0.253 e. The zero-order valence-electron chi connectivity index (χ0n) is 15.6. The van der Waals surface area contributed by atoms with Gasteiger partial charge in [-0.2, -0.15) is 0 Å². The van der Waals surface area contributed by atoms with Crippen molar-refractivity contribution >= 4 is 12.0 Å². The molecule has 1 amide bonds. The molecule has 0 radical (unpaired) electrons. The van der Waals surface area contributed by atoms with Crippen LogP contribution < -0.4 is 9.47 Å². The zero-order chi connectivity index (χ0) is 17.9. The molecule has 0 spiro atoms. The minimum absolute atomic E-state index is 0.121. The van der Waals surface area contributed by atoms with E-state index in [2.05, 4.69) is 4.90 Å². The highest BCUT2D eigenvalue weighted by molar-refractivity contribution is 5.99. The molecule has 0 unspecified atom stereocenters. The van der Waals surface area contributed by atoms with Crippen molar-refractivity contribution in [3.05, 3.63) is 29.3 Å². The molecule has 0 aliphatic carbocycles. The van der Waals surface area contributed by atoms with Gasteiger partial charge >= 0.3 is 0 Å². The standard InChI is InChI=1S/C21H28N2O3/c1-25-19-5-6-20-16(14-19)13-17(15-26-20)21(24)23-11-7-18(8-12-23)22-9-3-2-4-10-22/h5-6,13-14,18H,2-4,7-12,15H2,1H3. The van der Waals surface area contributed by atoms with Crippen LogP contribution in [-0.2, 0) is 4.79 Å². The summed E-state index contributed by atoms with van der Waals surface area (Å²) in [6, 6.07) is 6.35. The molecule has 2 fully saturated rings. The lowest BCUT2D eigenvalue weighted by Gasteiger charge is -2.40. The molecule has 0 bridgehead atoms. The van der Waals surface area contributed by atoms with Crippen molar-refractivity contribution in [2.75, 3.05) is 39.9 Å². The van der Waals surface area contributed by atoms with Gasteiger partial charge in [-0.25, -0.2) is 0 Å². The first kappa shape index (κ1) is 17.4. The molecule has 3 heterocycles. The van der Waals surface area contributed by atoms with E-state index in [1.165, 1.54) is 32.4 Å². The van der Waals surface area contributed by atoms with E-state index in [-0.39, 0.29) is 5.91 Å². The highest BCUT2D eigenvalue weighted by atomic mass is 16.5. The Labute approximate surface area is 155 Å². The average Bonchev–Trinajstić information content (AvgIpc) is 2.73. The first-order valence-corrected chi connectivity index (χ1v) is 9.79. The lowest BCUT2D eigenvalue weighted by atomic mass is 9.99. The smallest absolute Gasteiger partial charge is 0.253 e. The molecule has 1 aromatic rings. The van der Waals surface area contributed by atoms with Crippen LogP contribution in [0.2, 0.25) is 0 Å². The fourth-order valence-electron chi connectivity index (χ4n) is 4.33. The molecule has 5 heteroatoms. The van der Waals surface area contributed by atoms with Crippen LogP contribution in [-0.4, -0.2) is 61.6 Å². The van der Waals surface area contributed by atoms with Crippen molar-refractivity contribution in [2.24, 2.45) is 0 Å². The molecule has 0 atom stereocenters. The molecule has 26 heavy (non-hydrogen) atoms. The fraction of sp³-hybridized carbons (Fsp3) is 0.571. The summed E-state index contributed by atoms with van der Waals surface area (Å²) in [7, 11) is 1.65. The summed E-state index contributed by atoms with van der Waals surface area (Å²) in [5.41, 5.74) is 1.66. The van der Waals surface area contributed by atoms with Gasteiger partial charge in [0, 0.05) is 24.7 Å². The second kappa shape index (κ2) is 7.70. The van der Waals surface area contributed by atoms with Crippen molar-refractivity contribution in [3.63, 3.8) is 0 Å². The topological polar surface area (TPSA) is 42.0 Å². The van der Waals surface area contributed by atoms with Crippen LogP contribution >= 0.6 is 0 Å². The van der Waals surface area contributed by atoms with Crippen molar-refractivity contribution in [3.8, 4) is 11.5 Å². The third-order valence-corrected chi connectivity index (χ3v) is 5.86. The van der Waals surface area contributed by atoms with Gasteiger partial charge in [0.05, 0.1) is 12.7 Å². The van der Waals surface area contributed by atoms with Gasteiger partial charge in [-0.1, -0.05) is 6.42 Å². The minimum Gasteiger partial charge on any atom is -0.497 e. The zero-order valence-corrected chi connectivity index (χ0v) is 15.6. The average molecular weight is 356 g/mol. The molecular weight excluding hydrogens is 328 g/mol. The highest BCUT2D eigenvalue weighted by Gasteiger charge is 2.29. The van der Waals surface area contributed by atoms with Crippen LogP contribution in [0.1, 0.15) is 37.7 Å². The number of hydrogen-bond acceptors (Lipinski definition) is 4. The predicted octanol–water partition coefficient (Wildman–Crippen LogP) is 2.95. The van der Waals surface area contributed by atoms with Crippen molar-refractivity contribution in [1.29, 1.82) is 0 Å². The Morgan fingerprint density at radius 1 is 1.12 bits per heavy atom. The monoisotopic (exact) mass is 356 g/mol. The lowest BCUT2D eigenvalue weighted by Crippen LogP contribution is -2.48. The van der Waals surface area contributed by atoms with E-state index >= 15 is 0 Å². The van der Waals surface area contributed by atoms with E-state index in [0.717, 1.165) is 48.6 Å². The fourth-order valence-corrected chi connectivity index (χ4v) is 4.33. The molecular formula is C21H28N2O3. The van der Waals surface area contributed by atoms with E-state index in [9.17, 15) is 4.79 Å². The number of ether oxygens (including phenoxy) is 2. The van der Waals surface area contributed by atoms with Crippen LogP contribution in [0.25, 0.3) is 6.08 Å². The Kier molecular flexibility index (Phi) is 5.16. The predicted molar refractivity (Wildman–Crippen MR) is 101 cm³/mol. The summed E-state index contributed by atoms with van der Waals surface area (Å²) in [5, 5.41) is 0. The molecule has 3 aliphatic heterocycles. The van der Waals surface area contributed by atoms with Gasteiger partial charge in [-0.15, -0.1) is 0 Å². The Hall–Kier alpha value is -2.01. The van der Waals surface area contributed by atoms with E-state index in [1.54, 1.807) is 7.11 Å². The number of nitrogens with zero attached hydrogens (tertiary/aromatic N) is 2. The SMILES string of the molecule is COc1ccc2c(c1)C=C(C(=O)N1CCC(N3CCCCC3)CC1)CO2. The number of carbonyl (C=O) groups is 1. The second-order valence-corrected chi connectivity index (χ2v) is 7.48. The van der Waals surface area contributed by atoms with E-state index in [0.29, 0.717) is 12.6 Å². The summed E-state index contributed by atoms with van der Waals surface area (Å²) in [6.45, 7) is 4.52. The summed E-state index contributed by atoms with van der Waals surface area (Å²) >= 11 is 0. The Morgan fingerprint density at radius 3 is 2.62 bits per heavy atom. The van der Waals surface area contributed by atoms with Crippen LogP contribution in [0, 0.1) is 0 Å². The van der Waals surface area contributed by atoms with Gasteiger partial charge in [-0.3, -0.25) is 4.79 Å². The molecule has 1 aromatic carbocycles. The molecule has 0 saturated carbocycles. The summed E-state index contributed by atoms with van der Waals surface area (Å²) in [6.07, 6.45) is 8.15. The lowest BCUT2D eigenvalue weighted by molar-refractivity contribution is -0.129. The third kappa shape index (κ3) is 3.58. The minimum atomic E-state index is 0.121. The van der Waals surface area contributed by atoms with E-state index in [4.69, 9.17) is 9.47 Å². The number of hydrogen-bond donors (Lipinski definition) is 0. The number of fused-ring (bicyclic) bond motifs is 1. The molecule has 3 aliphatic rings. The van der Waals surface area contributed by atoms with Gasteiger partial charge in [-0.05, 0) is 63.0 Å². The Bertz CT molecular complexity index is 686. The first-order valence-electron chi connectivity index (χ1n) is 9.79. The van der Waals surface area contributed by atoms with Gasteiger partial charge in [0.1, 0.15) is 18.1 Å². The number of carbonyl (C=O) groups excluding carboxylic acids is 1. The number of amides is 1. The van der Waals surface area contributed by atoms with E-state index in [1.807, 2.05) is 29.2 Å². The number of benzene rings is 1. The molecule has 0 N–H and O–H groups in total. The molecule has 5 nitrogen and oxygen atoms in total. The van der Waals surface area contributed by atoms with Crippen LogP contribution in [0.4, 0.5) is 0 Å². The van der Waals surface area contributed by atoms with Crippen molar-refractivity contribution < 1.29 is 14.3 Å². The Morgan fingerprint density at radius 2 is 1.88 bits per heavy atom. The van der Waals surface area contributed by atoms with Crippen LogP contribution in [0.3, 0.4) is 0 Å². The molecule has 4 rings (SSSR count).